The summed E-state index contributed by atoms with van der Waals surface area (Å²) in [5, 5.41) is 0. The Morgan fingerprint density at radius 3 is 2.29 bits per heavy atom. The van der Waals surface area contributed by atoms with E-state index < -0.39 is 0 Å². The number of rotatable bonds is 8. The van der Waals surface area contributed by atoms with Crippen LogP contribution in [-0.4, -0.2) is 48.5 Å². The van der Waals surface area contributed by atoms with Crippen LogP contribution in [0.2, 0.25) is 0 Å². The highest BCUT2D eigenvalue weighted by atomic mass is 19.1. The molecule has 0 unspecified atom stereocenters. The molecule has 0 bridgehead atoms. The lowest BCUT2D eigenvalue weighted by Crippen LogP contribution is -2.65. The monoisotopic (exact) mass is 424 g/mol. The lowest BCUT2D eigenvalue weighted by Gasteiger charge is -2.60. The van der Waals surface area contributed by atoms with Crippen LogP contribution >= 0.6 is 0 Å². The number of ether oxygens (including phenoxy) is 1. The molecule has 4 rings (SSSR count). The zero-order valence-electron chi connectivity index (χ0n) is 18.8. The van der Waals surface area contributed by atoms with Gasteiger partial charge in [0.2, 0.25) is 5.91 Å². The Morgan fingerprint density at radius 1 is 1.10 bits per heavy atom. The fourth-order valence-corrected chi connectivity index (χ4v) is 4.97. The number of carbonyl (C=O) groups excluding carboxylic acids is 1. The molecule has 5 heteroatoms. The highest BCUT2D eigenvalue weighted by Crippen LogP contribution is 2.50. The molecule has 1 saturated heterocycles. The van der Waals surface area contributed by atoms with Gasteiger partial charge in [-0.1, -0.05) is 38.1 Å². The van der Waals surface area contributed by atoms with Crippen LogP contribution in [0.3, 0.4) is 0 Å². The minimum absolute atomic E-state index is 0.132. The lowest BCUT2D eigenvalue weighted by molar-refractivity contribution is -0.147. The van der Waals surface area contributed by atoms with Gasteiger partial charge in [0.1, 0.15) is 11.6 Å². The van der Waals surface area contributed by atoms with Crippen molar-refractivity contribution in [3.8, 4) is 5.75 Å². The van der Waals surface area contributed by atoms with E-state index in [0.717, 1.165) is 42.8 Å². The number of likely N-dealkylation sites (tertiary alicyclic amines) is 1. The summed E-state index contributed by atoms with van der Waals surface area (Å²) < 4.78 is 19.1. The number of amides is 1. The van der Waals surface area contributed by atoms with Crippen molar-refractivity contribution in [1.29, 1.82) is 0 Å². The van der Waals surface area contributed by atoms with Gasteiger partial charge in [0.15, 0.2) is 0 Å². The first-order valence-electron chi connectivity index (χ1n) is 11.3. The third-order valence-electron chi connectivity index (χ3n) is 6.44. The van der Waals surface area contributed by atoms with Crippen molar-refractivity contribution in [2.75, 3.05) is 26.7 Å². The van der Waals surface area contributed by atoms with Gasteiger partial charge in [-0.05, 0) is 66.6 Å². The third kappa shape index (κ3) is 5.27. The molecule has 4 nitrogen and oxygen atoms in total. The van der Waals surface area contributed by atoms with Gasteiger partial charge >= 0.3 is 0 Å². The van der Waals surface area contributed by atoms with Crippen molar-refractivity contribution in [3.05, 3.63) is 65.5 Å². The Kier molecular flexibility index (Phi) is 6.33. The van der Waals surface area contributed by atoms with E-state index in [4.69, 9.17) is 4.74 Å². The number of hydrogen-bond acceptors (Lipinski definition) is 3. The summed E-state index contributed by atoms with van der Waals surface area (Å²) in [6.07, 6.45) is 2.49. The zero-order valence-corrected chi connectivity index (χ0v) is 18.8. The number of halogens is 1. The molecular formula is C26H33FN2O2. The Morgan fingerprint density at radius 2 is 1.71 bits per heavy atom. The highest BCUT2D eigenvalue weighted by Gasteiger charge is 2.53. The molecule has 1 amide bonds. The number of nitrogens with zero attached hydrogens (tertiary/aromatic N) is 2. The molecule has 2 aromatic carbocycles. The molecule has 1 aliphatic carbocycles. The second-order valence-electron chi connectivity index (χ2n) is 9.91. The smallest absolute Gasteiger partial charge is 0.227 e. The fraction of sp³-hybridized carbons (Fsp3) is 0.500. The van der Waals surface area contributed by atoms with Crippen LogP contribution in [0.5, 0.6) is 5.75 Å². The number of benzene rings is 2. The fourth-order valence-electron chi connectivity index (χ4n) is 4.97. The van der Waals surface area contributed by atoms with Gasteiger partial charge in [-0.15, -0.1) is 0 Å². The average molecular weight is 425 g/mol. The first-order chi connectivity index (χ1) is 14.8. The lowest BCUT2D eigenvalue weighted by atomic mass is 9.60. The molecule has 0 atom stereocenters. The molecular weight excluding hydrogens is 391 g/mol. The van der Waals surface area contributed by atoms with Crippen LogP contribution in [0.4, 0.5) is 4.39 Å². The molecule has 166 valence electrons. The quantitative estimate of drug-likeness (QED) is 0.624. The van der Waals surface area contributed by atoms with E-state index >= 15 is 0 Å². The summed E-state index contributed by atoms with van der Waals surface area (Å²) in [6, 6.07) is 14.6. The molecule has 1 spiro atoms. The van der Waals surface area contributed by atoms with Gasteiger partial charge in [-0.25, -0.2) is 4.39 Å². The van der Waals surface area contributed by atoms with Gasteiger partial charge in [-0.3, -0.25) is 4.79 Å². The Balaban J connectivity index is 1.41. The van der Waals surface area contributed by atoms with E-state index in [0.29, 0.717) is 30.9 Å². The van der Waals surface area contributed by atoms with E-state index in [1.807, 2.05) is 29.2 Å². The predicted molar refractivity (Wildman–Crippen MR) is 120 cm³/mol. The van der Waals surface area contributed by atoms with Gasteiger partial charge < -0.3 is 14.5 Å². The van der Waals surface area contributed by atoms with Crippen molar-refractivity contribution in [3.63, 3.8) is 0 Å². The van der Waals surface area contributed by atoms with Crippen LogP contribution in [-0.2, 0) is 17.8 Å². The summed E-state index contributed by atoms with van der Waals surface area (Å²) in [6.45, 7) is 7.71. The van der Waals surface area contributed by atoms with E-state index in [9.17, 15) is 9.18 Å². The molecule has 0 N–H and O–H groups in total. The summed E-state index contributed by atoms with van der Waals surface area (Å²) in [4.78, 5) is 17.7. The second-order valence-corrected chi connectivity index (χ2v) is 9.91. The second kappa shape index (κ2) is 8.99. The van der Waals surface area contributed by atoms with Crippen LogP contribution in [0.15, 0.2) is 48.5 Å². The summed E-state index contributed by atoms with van der Waals surface area (Å²) in [7, 11) is 2.15. The highest BCUT2D eigenvalue weighted by molar-refractivity contribution is 5.79. The summed E-state index contributed by atoms with van der Waals surface area (Å²) in [5.74, 6) is 1.19. The third-order valence-corrected chi connectivity index (χ3v) is 6.44. The number of hydrogen-bond donors (Lipinski definition) is 0. The minimum Gasteiger partial charge on any atom is -0.493 e. The zero-order chi connectivity index (χ0) is 22.0. The molecule has 2 aliphatic rings. The summed E-state index contributed by atoms with van der Waals surface area (Å²) >= 11 is 0. The van der Waals surface area contributed by atoms with Crippen LogP contribution in [0, 0.1) is 17.2 Å². The average Bonchev–Trinajstić information content (AvgIpc) is 2.69. The van der Waals surface area contributed by atoms with Gasteiger partial charge in [-0.2, -0.15) is 0 Å². The molecule has 0 aromatic heterocycles. The van der Waals surface area contributed by atoms with Crippen molar-refractivity contribution in [2.24, 2.45) is 11.3 Å². The molecule has 31 heavy (non-hydrogen) atoms. The van der Waals surface area contributed by atoms with Gasteiger partial charge in [0.25, 0.3) is 0 Å². The molecule has 2 fully saturated rings. The van der Waals surface area contributed by atoms with Crippen molar-refractivity contribution in [1.82, 2.24) is 9.80 Å². The molecule has 2 aromatic rings. The topological polar surface area (TPSA) is 32.8 Å². The minimum atomic E-state index is -0.249. The molecule has 1 saturated carbocycles. The first-order valence-corrected chi connectivity index (χ1v) is 11.3. The van der Waals surface area contributed by atoms with Gasteiger partial charge in [0, 0.05) is 25.7 Å². The predicted octanol–water partition coefficient (Wildman–Crippen LogP) is 4.53. The SMILES string of the molecule is CC(C)COc1ccc(CC(=O)N(Cc2ccc(F)cc2)C2CC3(C2)CN(C)C3)cc1. The molecule has 1 heterocycles. The summed E-state index contributed by atoms with van der Waals surface area (Å²) in [5.41, 5.74) is 2.36. The van der Waals surface area contributed by atoms with Crippen LogP contribution in [0.25, 0.3) is 0 Å². The van der Waals surface area contributed by atoms with Crippen LogP contribution < -0.4 is 4.74 Å². The van der Waals surface area contributed by atoms with E-state index in [2.05, 4.69) is 25.8 Å². The maximum absolute atomic E-state index is 13.3. The normalized spacial score (nSPS) is 18.0. The Labute approximate surface area is 185 Å². The maximum Gasteiger partial charge on any atom is 0.227 e. The Hall–Kier alpha value is -2.40. The molecule has 1 aliphatic heterocycles. The Bertz CT molecular complexity index is 881. The van der Waals surface area contributed by atoms with Crippen molar-refractivity contribution in [2.45, 2.75) is 45.7 Å². The number of carbonyl (C=O) groups is 1. The van der Waals surface area contributed by atoms with Crippen LogP contribution in [0.1, 0.15) is 37.8 Å². The van der Waals surface area contributed by atoms with Gasteiger partial charge in [0.05, 0.1) is 13.0 Å². The first kappa shape index (κ1) is 21.8. The van der Waals surface area contributed by atoms with E-state index in [-0.39, 0.29) is 17.8 Å². The van der Waals surface area contributed by atoms with Crippen molar-refractivity contribution >= 4 is 5.91 Å². The maximum atomic E-state index is 13.3. The van der Waals surface area contributed by atoms with E-state index in [1.54, 1.807) is 12.1 Å². The van der Waals surface area contributed by atoms with E-state index in [1.165, 1.54) is 12.1 Å². The van der Waals surface area contributed by atoms with Crippen molar-refractivity contribution < 1.29 is 13.9 Å². The standard InChI is InChI=1S/C26H33FN2O2/c1-19(2)16-31-24-10-6-20(7-11-24)12-25(30)29(15-21-4-8-22(27)9-5-21)23-13-26(14-23)17-28(3)18-26/h4-11,19,23H,12-18H2,1-3H3. The largest absolute Gasteiger partial charge is 0.493 e. The molecule has 0 radical (unpaired) electrons.